The van der Waals surface area contributed by atoms with Crippen LogP contribution >= 0.6 is 11.5 Å². The highest BCUT2D eigenvalue weighted by atomic mass is 32.1. The molecule has 1 aromatic heterocycles. The normalized spacial score (nSPS) is 11.4. The summed E-state index contributed by atoms with van der Waals surface area (Å²) in [5.74, 6) is 0. The number of rotatable bonds is 2. The van der Waals surface area contributed by atoms with Gasteiger partial charge in [-0.2, -0.15) is 4.37 Å². The van der Waals surface area contributed by atoms with Crippen LogP contribution in [-0.2, 0) is 6.54 Å². The summed E-state index contributed by atoms with van der Waals surface area (Å²) in [6.07, 6.45) is -2.44. The summed E-state index contributed by atoms with van der Waals surface area (Å²) in [6, 6.07) is 4.55. The summed E-state index contributed by atoms with van der Waals surface area (Å²) >= 11 is 1.28. The van der Waals surface area contributed by atoms with Crippen molar-refractivity contribution in [2.75, 3.05) is 0 Å². The van der Waals surface area contributed by atoms with Crippen LogP contribution in [0, 0.1) is 0 Å². The minimum absolute atomic E-state index is 0.0207. The zero-order valence-electron chi connectivity index (χ0n) is 7.21. The van der Waals surface area contributed by atoms with E-state index in [1.54, 1.807) is 6.07 Å². The third-order valence-corrected chi connectivity index (χ3v) is 2.88. The van der Waals surface area contributed by atoms with Gasteiger partial charge in [-0.05, 0) is 23.7 Å². The molecule has 2 aromatic rings. The number of halogens is 2. The van der Waals surface area contributed by atoms with E-state index in [-0.39, 0.29) is 12.1 Å². The lowest BCUT2D eigenvalue weighted by atomic mass is 10.1. The van der Waals surface area contributed by atoms with E-state index in [1.807, 2.05) is 0 Å². The van der Waals surface area contributed by atoms with Crippen molar-refractivity contribution in [1.29, 1.82) is 0 Å². The van der Waals surface area contributed by atoms with E-state index in [4.69, 9.17) is 5.73 Å². The van der Waals surface area contributed by atoms with E-state index in [9.17, 15) is 8.78 Å². The van der Waals surface area contributed by atoms with Crippen LogP contribution in [0.3, 0.4) is 0 Å². The van der Waals surface area contributed by atoms with Gasteiger partial charge in [0.15, 0.2) is 0 Å². The topological polar surface area (TPSA) is 38.9 Å². The third kappa shape index (κ3) is 1.49. The fraction of sp³-hybridized carbons (Fsp3) is 0.222. The van der Waals surface area contributed by atoms with Crippen molar-refractivity contribution in [3.05, 3.63) is 29.5 Å². The maximum absolute atomic E-state index is 12.4. The number of nitrogens with zero attached hydrogens (tertiary/aromatic N) is 1. The van der Waals surface area contributed by atoms with Gasteiger partial charge in [-0.1, -0.05) is 6.07 Å². The molecule has 74 valence electrons. The highest BCUT2D eigenvalue weighted by Crippen LogP contribution is 2.27. The fourth-order valence-corrected chi connectivity index (χ4v) is 2.07. The van der Waals surface area contributed by atoms with Crippen molar-refractivity contribution in [3.63, 3.8) is 0 Å². The van der Waals surface area contributed by atoms with Gasteiger partial charge in [0, 0.05) is 17.5 Å². The van der Waals surface area contributed by atoms with E-state index >= 15 is 0 Å². The Labute approximate surface area is 83.5 Å². The van der Waals surface area contributed by atoms with Gasteiger partial charge in [0.1, 0.15) is 0 Å². The molecule has 0 bridgehead atoms. The Balaban J connectivity index is 2.61. The molecule has 0 amide bonds. The van der Waals surface area contributed by atoms with Crippen molar-refractivity contribution in [3.8, 4) is 0 Å². The number of aromatic nitrogens is 1. The largest absolute Gasteiger partial charge is 0.325 e. The Kier molecular flexibility index (Phi) is 2.43. The standard InChI is InChI=1S/C9H8F2N2S/c10-9(11)5-1-2-8-6(3-5)7(4-12)13-14-8/h1-3,9H,4,12H2. The first-order valence-corrected chi connectivity index (χ1v) is 4.86. The molecule has 0 aliphatic heterocycles. The lowest BCUT2D eigenvalue weighted by Crippen LogP contribution is -1.96. The average Bonchev–Trinajstić information content (AvgIpc) is 2.59. The SMILES string of the molecule is NCc1nsc2ccc(C(F)F)cc12. The number of alkyl halides is 2. The van der Waals surface area contributed by atoms with Crippen molar-refractivity contribution >= 4 is 21.6 Å². The zero-order valence-corrected chi connectivity index (χ0v) is 8.02. The summed E-state index contributed by atoms with van der Waals surface area (Å²) < 4.78 is 29.8. The molecule has 0 saturated heterocycles. The molecule has 14 heavy (non-hydrogen) atoms. The molecule has 2 rings (SSSR count). The van der Waals surface area contributed by atoms with Crippen molar-refractivity contribution in [1.82, 2.24) is 4.37 Å². The predicted octanol–water partition coefficient (Wildman–Crippen LogP) is 2.69. The highest BCUT2D eigenvalue weighted by Gasteiger charge is 2.10. The Bertz CT molecular complexity index is 453. The number of hydrogen-bond donors (Lipinski definition) is 1. The molecule has 2 nitrogen and oxygen atoms in total. The number of benzene rings is 1. The number of fused-ring (bicyclic) bond motifs is 1. The molecule has 0 spiro atoms. The van der Waals surface area contributed by atoms with Crippen LogP contribution < -0.4 is 5.73 Å². The molecular weight excluding hydrogens is 206 g/mol. The second kappa shape index (κ2) is 3.59. The van der Waals surface area contributed by atoms with Crippen LogP contribution in [-0.4, -0.2) is 4.37 Å². The smallest absolute Gasteiger partial charge is 0.263 e. The van der Waals surface area contributed by atoms with Crippen LogP contribution in [0.25, 0.3) is 10.1 Å². The molecule has 2 N–H and O–H groups in total. The Hall–Kier alpha value is -1.07. The number of hydrogen-bond acceptors (Lipinski definition) is 3. The first-order valence-electron chi connectivity index (χ1n) is 4.09. The first-order chi connectivity index (χ1) is 6.72. The van der Waals surface area contributed by atoms with Crippen LogP contribution in [0.4, 0.5) is 8.78 Å². The van der Waals surface area contributed by atoms with Crippen LogP contribution in [0.2, 0.25) is 0 Å². The van der Waals surface area contributed by atoms with Gasteiger partial charge >= 0.3 is 0 Å². The van der Waals surface area contributed by atoms with Crippen LogP contribution in [0.5, 0.6) is 0 Å². The van der Waals surface area contributed by atoms with Crippen LogP contribution in [0.15, 0.2) is 18.2 Å². The molecule has 1 aromatic carbocycles. The minimum atomic E-state index is -2.44. The highest BCUT2D eigenvalue weighted by molar-refractivity contribution is 7.13. The first kappa shape index (κ1) is 9.48. The van der Waals surface area contributed by atoms with Crippen molar-refractivity contribution < 1.29 is 8.78 Å². The maximum Gasteiger partial charge on any atom is 0.263 e. The van der Waals surface area contributed by atoms with E-state index in [0.717, 1.165) is 10.1 Å². The summed E-state index contributed by atoms with van der Waals surface area (Å²) in [6.45, 7) is 0.284. The molecule has 0 aliphatic rings. The average molecular weight is 214 g/mol. The van der Waals surface area contributed by atoms with Gasteiger partial charge in [-0.15, -0.1) is 0 Å². The number of nitrogens with two attached hydrogens (primary N) is 1. The Morgan fingerprint density at radius 3 is 2.86 bits per heavy atom. The second-order valence-electron chi connectivity index (χ2n) is 2.89. The maximum atomic E-state index is 12.4. The molecule has 0 unspecified atom stereocenters. The molecule has 0 saturated carbocycles. The summed E-state index contributed by atoms with van der Waals surface area (Å²) in [4.78, 5) is 0. The molecule has 0 atom stereocenters. The van der Waals surface area contributed by atoms with E-state index in [1.165, 1.54) is 23.7 Å². The zero-order chi connectivity index (χ0) is 10.1. The van der Waals surface area contributed by atoms with Crippen LogP contribution in [0.1, 0.15) is 17.7 Å². The summed E-state index contributed by atoms with van der Waals surface area (Å²) in [7, 11) is 0. The van der Waals surface area contributed by atoms with Crippen molar-refractivity contribution in [2.24, 2.45) is 5.73 Å². The lowest BCUT2D eigenvalue weighted by Gasteiger charge is -1.99. The van der Waals surface area contributed by atoms with E-state index < -0.39 is 6.43 Å². The molecule has 0 fully saturated rings. The van der Waals surface area contributed by atoms with Gasteiger partial charge in [-0.3, -0.25) is 0 Å². The molecular formula is C9H8F2N2S. The predicted molar refractivity (Wildman–Crippen MR) is 52.5 cm³/mol. The van der Waals surface area contributed by atoms with Crippen molar-refractivity contribution in [2.45, 2.75) is 13.0 Å². The molecule has 5 heteroatoms. The third-order valence-electron chi connectivity index (χ3n) is 2.01. The van der Waals surface area contributed by atoms with E-state index in [0.29, 0.717) is 5.69 Å². The second-order valence-corrected chi connectivity index (χ2v) is 3.69. The Morgan fingerprint density at radius 1 is 1.43 bits per heavy atom. The van der Waals surface area contributed by atoms with Gasteiger partial charge in [0.25, 0.3) is 6.43 Å². The summed E-state index contributed by atoms with van der Waals surface area (Å²) in [5.41, 5.74) is 6.15. The van der Waals surface area contributed by atoms with Gasteiger partial charge in [0.05, 0.1) is 10.4 Å². The summed E-state index contributed by atoms with van der Waals surface area (Å²) in [5, 5.41) is 0.746. The minimum Gasteiger partial charge on any atom is -0.325 e. The van der Waals surface area contributed by atoms with Gasteiger partial charge in [0.2, 0.25) is 0 Å². The van der Waals surface area contributed by atoms with E-state index in [2.05, 4.69) is 4.37 Å². The van der Waals surface area contributed by atoms with Gasteiger partial charge < -0.3 is 5.73 Å². The fourth-order valence-electron chi connectivity index (χ4n) is 1.29. The monoisotopic (exact) mass is 214 g/mol. The quantitative estimate of drug-likeness (QED) is 0.834. The lowest BCUT2D eigenvalue weighted by molar-refractivity contribution is 0.151. The Morgan fingerprint density at radius 2 is 2.21 bits per heavy atom. The van der Waals surface area contributed by atoms with Gasteiger partial charge in [-0.25, -0.2) is 8.78 Å². The molecule has 0 radical (unpaired) electrons. The molecule has 1 heterocycles. The molecule has 0 aliphatic carbocycles.